The van der Waals surface area contributed by atoms with Gasteiger partial charge in [-0.1, -0.05) is 167 Å². The summed E-state index contributed by atoms with van der Waals surface area (Å²) in [7, 11) is -4.20. The number of hydrogen-bond donors (Lipinski definition) is 1. The molecule has 36 heavy (non-hydrogen) atoms. The van der Waals surface area contributed by atoms with Crippen LogP contribution in [-0.4, -0.2) is 29.9 Å². The number of aliphatic hydroxyl groups is 1. The van der Waals surface area contributed by atoms with E-state index in [0.717, 1.165) is 12.8 Å². The van der Waals surface area contributed by atoms with Crippen molar-refractivity contribution >= 4 is 10.1 Å². The van der Waals surface area contributed by atoms with Crippen LogP contribution in [0.1, 0.15) is 180 Å². The predicted octanol–water partition coefficient (Wildman–Crippen LogP) is 6.45. The van der Waals surface area contributed by atoms with Crippen LogP contribution < -0.4 is 29.6 Å². The van der Waals surface area contributed by atoms with Crippen molar-refractivity contribution in [3.05, 3.63) is 0 Å². The zero-order chi connectivity index (χ0) is 25.9. The molecule has 6 heteroatoms. The molecule has 0 radical (unpaired) electrons. The van der Waals surface area contributed by atoms with E-state index < -0.39 is 22.0 Å². The van der Waals surface area contributed by atoms with E-state index in [4.69, 9.17) is 0 Å². The van der Waals surface area contributed by atoms with Crippen LogP contribution in [0.15, 0.2) is 0 Å². The Balaban J connectivity index is 0. The molecule has 0 spiro atoms. The third-order valence-electron chi connectivity index (χ3n) is 7.34. The Labute approximate surface area is 248 Å². The topological polar surface area (TPSA) is 77.4 Å². The summed E-state index contributed by atoms with van der Waals surface area (Å²) in [4.78, 5) is 0. The maximum Gasteiger partial charge on any atom is 1.00 e. The molecule has 0 saturated carbocycles. The normalized spacial score (nSPS) is 12.5. The molecule has 0 fully saturated rings. The van der Waals surface area contributed by atoms with E-state index in [1.54, 1.807) is 0 Å². The fraction of sp³-hybridized carbons (Fsp3) is 1.00. The predicted molar refractivity (Wildman–Crippen MR) is 151 cm³/mol. The smallest absolute Gasteiger partial charge is 0.748 e. The molecule has 0 bridgehead atoms. The van der Waals surface area contributed by atoms with Gasteiger partial charge in [0.1, 0.15) is 0 Å². The molecular weight excluding hydrogens is 479 g/mol. The van der Waals surface area contributed by atoms with Crippen LogP contribution in [0.25, 0.3) is 0 Å². The van der Waals surface area contributed by atoms with E-state index in [0.29, 0.717) is 6.42 Å². The molecule has 4 nitrogen and oxygen atoms in total. The first-order valence-electron chi connectivity index (χ1n) is 15.6. The Morgan fingerprint density at radius 2 is 0.750 bits per heavy atom. The first-order chi connectivity index (χ1) is 17.0. The average molecular weight is 541 g/mol. The monoisotopic (exact) mass is 540 g/mol. The molecular formula is C30H61NaO4S. The van der Waals surface area contributed by atoms with Gasteiger partial charge in [-0.2, -0.15) is 0 Å². The van der Waals surface area contributed by atoms with Gasteiger partial charge < -0.3 is 9.66 Å². The first kappa shape index (κ1) is 39.0. The van der Waals surface area contributed by atoms with E-state index >= 15 is 0 Å². The molecule has 212 valence electrons. The summed E-state index contributed by atoms with van der Waals surface area (Å²) < 4.78 is 31.7. The van der Waals surface area contributed by atoms with Gasteiger partial charge in [-0.25, -0.2) is 8.42 Å². The average Bonchev–Trinajstić information content (AvgIpc) is 2.82. The Hall–Kier alpha value is 0.870. The molecule has 0 aromatic heterocycles. The van der Waals surface area contributed by atoms with Crippen LogP contribution in [0.4, 0.5) is 0 Å². The van der Waals surface area contributed by atoms with Crippen LogP contribution in [0.5, 0.6) is 0 Å². The molecule has 1 atom stereocenters. The third kappa shape index (κ3) is 34.9. The molecule has 1 unspecified atom stereocenters. The third-order valence-corrected chi connectivity index (χ3v) is 8.08. The maximum absolute atomic E-state index is 10.6. The van der Waals surface area contributed by atoms with Gasteiger partial charge in [-0.3, -0.25) is 0 Å². The van der Waals surface area contributed by atoms with Crippen molar-refractivity contribution in [3.8, 4) is 0 Å². The van der Waals surface area contributed by atoms with E-state index in [-0.39, 0.29) is 36.0 Å². The van der Waals surface area contributed by atoms with Crippen LogP contribution in [0.3, 0.4) is 0 Å². The van der Waals surface area contributed by atoms with Gasteiger partial charge in [-0.15, -0.1) is 0 Å². The van der Waals surface area contributed by atoms with Crippen molar-refractivity contribution in [2.24, 2.45) is 0 Å². The van der Waals surface area contributed by atoms with Crippen molar-refractivity contribution in [2.45, 2.75) is 186 Å². The van der Waals surface area contributed by atoms with E-state index in [2.05, 4.69) is 6.92 Å². The van der Waals surface area contributed by atoms with Gasteiger partial charge in [-0.05, 0) is 12.8 Å². The number of hydrogen-bond acceptors (Lipinski definition) is 4. The van der Waals surface area contributed by atoms with Crippen LogP contribution in [-0.2, 0) is 10.1 Å². The zero-order valence-electron chi connectivity index (χ0n) is 24.5. The second kappa shape index (κ2) is 30.4. The fourth-order valence-electron chi connectivity index (χ4n) is 4.94. The summed E-state index contributed by atoms with van der Waals surface area (Å²) in [5.41, 5.74) is 0. The van der Waals surface area contributed by atoms with Gasteiger partial charge in [0, 0.05) is 5.75 Å². The van der Waals surface area contributed by atoms with E-state index in [9.17, 15) is 18.1 Å². The summed E-state index contributed by atoms with van der Waals surface area (Å²) in [6.45, 7) is 2.29. The molecule has 0 aliphatic carbocycles. The summed E-state index contributed by atoms with van der Waals surface area (Å²) >= 11 is 0. The molecule has 1 N–H and O–H groups in total. The Morgan fingerprint density at radius 3 is 1.00 bits per heavy atom. The number of rotatable bonds is 29. The summed E-state index contributed by atoms with van der Waals surface area (Å²) in [5, 5.41) is 9.69. The van der Waals surface area contributed by atoms with Gasteiger partial charge in [0.25, 0.3) is 0 Å². The van der Waals surface area contributed by atoms with Gasteiger partial charge in [0.05, 0.1) is 16.2 Å². The van der Waals surface area contributed by atoms with Crippen LogP contribution in [0, 0.1) is 0 Å². The molecule has 0 aromatic carbocycles. The van der Waals surface area contributed by atoms with Crippen molar-refractivity contribution in [2.75, 3.05) is 5.75 Å². The molecule has 0 heterocycles. The van der Waals surface area contributed by atoms with Crippen LogP contribution >= 0.6 is 0 Å². The largest absolute Gasteiger partial charge is 1.00 e. The van der Waals surface area contributed by atoms with Gasteiger partial charge >= 0.3 is 29.6 Å². The molecule has 0 saturated heterocycles. The van der Waals surface area contributed by atoms with Crippen molar-refractivity contribution in [1.29, 1.82) is 0 Å². The molecule has 0 rings (SSSR count). The Kier molecular flexibility index (Phi) is 33.0. The fourth-order valence-corrected chi connectivity index (χ4v) is 5.50. The van der Waals surface area contributed by atoms with E-state index in [1.807, 2.05) is 0 Å². The van der Waals surface area contributed by atoms with Gasteiger partial charge in [0.2, 0.25) is 0 Å². The van der Waals surface area contributed by atoms with E-state index in [1.165, 1.54) is 148 Å². The van der Waals surface area contributed by atoms with Crippen LogP contribution in [0.2, 0.25) is 0 Å². The maximum atomic E-state index is 10.6. The van der Waals surface area contributed by atoms with Crippen molar-refractivity contribution in [3.63, 3.8) is 0 Å². The minimum atomic E-state index is -4.20. The standard InChI is InChI=1S/C30H62O4S.Na/c1-2-3-4-5-6-7-8-9-10-11-12-13-14-15-16-17-18-19-20-21-22-23-24-25-26-27-30(31)28-29-35(32,33)34;/h30-31H,2-29H2,1H3,(H,32,33,34);/q;+1/p-1. The number of aliphatic hydroxyl groups excluding tert-OH is 1. The minimum Gasteiger partial charge on any atom is -0.748 e. The second-order valence-corrected chi connectivity index (χ2v) is 12.5. The van der Waals surface area contributed by atoms with Gasteiger partial charge in [0.15, 0.2) is 0 Å². The molecule has 0 aliphatic heterocycles. The first-order valence-corrected chi connectivity index (χ1v) is 17.1. The molecule has 0 aromatic rings. The summed E-state index contributed by atoms with van der Waals surface area (Å²) in [6.07, 6.45) is 34.2. The summed E-state index contributed by atoms with van der Waals surface area (Å²) in [6, 6.07) is 0. The molecule has 0 amide bonds. The summed E-state index contributed by atoms with van der Waals surface area (Å²) in [5.74, 6) is -0.451. The second-order valence-electron chi connectivity index (χ2n) is 11.0. The SMILES string of the molecule is CCCCCCCCCCCCCCCCCCCCCCCCCCCC(O)CCS(=O)(=O)[O-].[Na+]. The number of unbranched alkanes of at least 4 members (excludes halogenated alkanes) is 24. The molecule has 0 aliphatic rings. The zero-order valence-corrected chi connectivity index (χ0v) is 27.3. The minimum absolute atomic E-state index is 0. The van der Waals surface area contributed by atoms with Crippen molar-refractivity contribution < 1.29 is 47.6 Å². The Morgan fingerprint density at radius 1 is 0.500 bits per heavy atom. The Bertz CT molecular complexity index is 513. The van der Waals surface area contributed by atoms with Crippen molar-refractivity contribution in [1.82, 2.24) is 0 Å². The quantitative estimate of drug-likeness (QED) is 0.0672.